The third-order valence-corrected chi connectivity index (χ3v) is 0.813. The predicted octanol–water partition coefficient (Wildman–Crippen LogP) is 0.983. The van der Waals surface area contributed by atoms with Gasteiger partial charge >= 0.3 is 12.2 Å². The quantitative estimate of drug-likeness (QED) is 0.486. The zero-order valence-electron chi connectivity index (χ0n) is 6.27. The number of urea groups is 1. The fraction of sp³-hybridized carbons (Fsp3) is 0.600. The summed E-state index contributed by atoms with van der Waals surface area (Å²) in [5.74, 6) is 0. The summed E-state index contributed by atoms with van der Waals surface area (Å²) < 4.78 is 34.8. The second kappa shape index (κ2) is 3.93. The fourth-order valence-corrected chi connectivity index (χ4v) is 0.480. The Hall–Kier alpha value is -1.27. The largest absolute Gasteiger partial charge is 0.394 e. The molecule has 0 saturated carbocycles. The number of carbonyl (C=O) groups is 1. The van der Waals surface area contributed by atoms with E-state index in [0.717, 1.165) is 6.92 Å². The van der Waals surface area contributed by atoms with Gasteiger partial charge in [-0.25, -0.2) is 10.2 Å². The van der Waals surface area contributed by atoms with Crippen LogP contribution in [0.3, 0.4) is 0 Å². The summed E-state index contributed by atoms with van der Waals surface area (Å²) in [6.07, 6.45) is -5.47. The van der Waals surface area contributed by atoms with Crippen LogP contribution < -0.4 is 11.2 Å². The molecule has 0 rings (SSSR count). The van der Waals surface area contributed by atoms with Crippen molar-refractivity contribution in [1.29, 1.82) is 0 Å². The van der Waals surface area contributed by atoms with Gasteiger partial charge in [-0.2, -0.15) is 18.3 Å². The van der Waals surface area contributed by atoms with Crippen LogP contribution in [0, 0.1) is 0 Å². The van der Waals surface area contributed by atoms with Crippen LogP contribution in [0.15, 0.2) is 5.10 Å². The minimum atomic E-state index is -4.31. The van der Waals surface area contributed by atoms with Gasteiger partial charge in [0.05, 0.1) is 6.42 Å². The highest BCUT2D eigenvalue weighted by molar-refractivity contribution is 5.84. The maximum Gasteiger partial charge on any atom is 0.394 e. The highest BCUT2D eigenvalue weighted by Gasteiger charge is 2.28. The third kappa shape index (κ3) is 6.84. The molecule has 0 aromatic carbocycles. The van der Waals surface area contributed by atoms with Crippen LogP contribution in [0.25, 0.3) is 0 Å². The molecule has 3 N–H and O–H groups in total. The lowest BCUT2D eigenvalue weighted by Crippen LogP contribution is -2.26. The van der Waals surface area contributed by atoms with Gasteiger partial charge in [-0.1, -0.05) is 0 Å². The van der Waals surface area contributed by atoms with Crippen molar-refractivity contribution in [3.8, 4) is 0 Å². The number of alkyl halides is 3. The topological polar surface area (TPSA) is 67.5 Å². The van der Waals surface area contributed by atoms with Crippen molar-refractivity contribution in [2.45, 2.75) is 19.5 Å². The van der Waals surface area contributed by atoms with E-state index in [1.807, 2.05) is 0 Å². The standard InChI is InChI=1S/C5H8F3N3O/c1-3(2-5(6,7)8)10-11-4(9)12/h2H2,1H3,(H3,9,11,12)/b10-3+. The number of nitrogens with two attached hydrogens (primary N) is 1. The first-order valence-electron chi connectivity index (χ1n) is 2.96. The van der Waals surface area contributed by atoms with Gasteiger partial charge in [0.1, 0.15) is 0 Å². The van der Waals surface area contributed by atoms with Crippen LogP contribution in [-0.4, -0.2) is 17.9 Å². The minimum Gasteiger partial charge on any atom is -0.350 e. The Morgan fingerprint density at radius 3 is 2.42 bits per heavy atom. The molecule has 0 aromatic rings. The fourth-order valence-electron chi connectivity index (χ4n) is 0.480. The molecule has 0 heterocycles. The lowest BCUT2D eigenvalue weighted by atomic mass is 10.3. The molecule has 0 spiro atoms. The van der Waals surface area contributed by atoms with E-state index in [4.69, 9.17) is 0 Å². The van der Waals surface area contributed by atoms with Crippen molar-refractivity contribution in [1.82, 2.24) is 5.43 Å². The van der Waals surface area contributed by atoms with Crippen molar-refractivity contribution >= 4 is 11.7 Å². The van der Waals surface area contributed by atoms with E-state index in [9.17, 15) is 18.0 Å². The lowest BCUT2D eigenvalue weighted by Gasteiger charge is -2.04. The predicted molar refractivity (Wildman–Crippen MR) is 36.5 cm³/mol. The molecule has 4 nitrogen and oxygen atoms in total. The van der Waals surface area contributed by atoms with Crippen molar-refractivity contribution in [3.63, 3.8) is 0 Å². The molecular formula is C5H8F3N3O. The first-order valence-corrected chi connectivity index (χ1v) is 2.96. The minimum absolute atomic E-state index is 0.249. The molecule has 7 heteroatoms. The summed E-state index contributed by atoms with van der Waals surface area (Å²) in [5, 5.41) is 3.08. The molecule has 0 aromatic heterocycles. The number of hydrazone groups is 1. The molecule has 0 saturated heterocycles. The number of halogens is 3. The van der Waals surface area contributed by atoms with Gasteiger partial charge in [-0.05, 0) is 6.92 Å². The van der Waals surface area contributed by atoms with Gasteiger partial charge in [0.25, 0.3) is 0 Å². The second-order valence-corrected chi connectivity index (χ2v) is 2.12. The summed E-state index contributed by atoms with van der Waals surface area (Å²) in [4.78, 5) is 9.99. The maximum atomic E-state index is 11.6. The van der Waals surface area contributed by atoms with Crippen molar-refractivity contribution in [3.05, 3.63) is 0 Å². The maximum absolute atomic E-state index is 11.6. The number of nitrogens with zero attached hydrogens (tertiary/aromatic N) is 1. The van der Waals surface area contributed by atoms with Crippen molar-refractivity contribution in [2.24, 2.45) is 10.8 Å². The van der Waals surface area contributed by atoms with Crippen LogP contribution in [0.4, 0.5) is 18.0 Å². The summed E-state index contributed by atoms with van der Waals surface area (Å²) in [6, 6.07) is -0.989. The van der Waals surface area contributed by atoms with E-state index in [0.29, 0.717) is 0 Å². The van der Waals surface area contributed by atoms with Crippen molar-refractivity contribution < 1.29 is 18.0 Å². The molecule has 0 fully saturated rings. The van der Waals surface area contributed by atoms with Gasteiger partial charge in [0.15, 0.2) is 0 Å². The van der Waals surface area contributed by atoms with Gasteiger partial charge in [0.2, 0.25) is 0 Å². The molecule has 12 heavy (non-hydrogen) atoms. The van der Waals surface area contributed by atoms with Crippen LogP contribution in [0.5, 0.6) is 0 Å². The number of carbonyl (C=O) groups excluding carboxylic acids is 1. The van der Waals surface area contributed by atoms with Crippen LogP contribution in [0.1, 0.15) is 13.3 Å². The number of hydrogen-bond acceptors (Lipinski definition) is 2. The summed E-state index contributed by atoms with van der Waals surface area (Å²) in [7, 11) is 0. The SMILES string of the molecule is C/C(CC(F)(F)F)=N\NC(N)=O. The van der Waals surface area contributed by atoms with E-state index in [-0.39, 0.29) is 5.71 Å². The van der Waals surface area contributed by atoms with E-state index >= 15 is 0 Å². The Kier molecular flexibility index (Phi) is 3.52. The molecule has 70 valence electrons. The van der Waals surface area contributed by atoms with E-state index in [1.165, 1.54) is 0 Å². The summed E-state index contributed by atoms with van der Waals surface area (Å²) in [5.41, 5.74) is 6.01. The zero-order valence-corrected chi connectivity index (χ0v) is 6.27. The van der Waals surface area contributed by atoms with Crippen LogP contribution >= 0.6 is 0 Å². The molecule has 0 radical (unpaired) electrons. The molecule has 0 atom stereocenters. The molecule has 0 aliphatic rings. The second-order valence-electron chi connectivity index (χ2n) is 2.12. The Bertz CT molecular complexity index is 199. The Morgan fingerprint density at radius 2 is 2.08 bits per heavy atom. The van der Waals surface area contributed by atoms with Crippen LogP contribution in [0.2, 0.25) is 0 Å². The smallest absolute Gasteiger partial charge is 0.350 e. The first kappa shape index (κ1) is 10.7. The Morgan fingerprint density at radius 1 is 1.58 bits per heavy atom. The Balaban J connectivity index is 3.95. The average molecular weight is 183 g/mol. The number of primary amides is 1. The number of nitrogens with one attached hydrogen (secondary N) is 1. The lowest BCUT2D eigenvalue weighted by molar-refractivity contribution is -0.121. The molecule has 0 unspecified atom stereocenters. The first-order chi connectivity index (χ1) is 5.31. The average Bonchev–Trinajstić information content (AvgIpc) is 1.79. The number of hydrogen-bond donors (Lipinski definition) is 2. The third-order valence-electron chi connectivity index (χ3n) is 0.813. The monoisotopic (exact) mass is 183 g/mol. The highest BCUT2D eigenvalue weighted by Crippen LogP contribution is 2.19. The molecular weight excluding hydrogens is 175 g/mol. The molecule has 0 aliphatic carbocycles. The summed E-state index contributed by atoms with van der Waals surface area (Å²) in [6.45, 7) is 1.14. The van der Waals surface area contributed by atoms with E-state index in [1.54, 1.807) is 5.43 Å². The molecule has 0 aliphatic heterocycles. The highest BCUT2D eigenvalue weighted by atomic mass is 19.4. The van der Waals surface area contributed by atoms with Gasteiger partial charge in [-0.15, -0.1) is 0 Å². The van der Waals surface area contributed by atoms with Gasteiger partial charge < -0.3 is 5.73 Å². The Labute approximate surface area is 66.6 Å². The molecule has 0 bridgehead atoms. The van der Waals surface area contributed by atoms with Gasteiger partial charge in [0, 0.05) is 5.71 Å². The zero-order chi connectivity index (χ0) is 9.78. The van der Waals surface area contributed by atoms with E-state index < -0.39 is 18.6 Å². The van der Waals surface area contributed by atoms with Crippen LogP contribution in [-0.2, 0) is 0 Å². The van der Waals surface area contributed by atoms with Gasteiger partial charge in [-0.3, -0.25) is 0 Å². The number of rotatable bonds is 2. The normalized spacial score (nSPS) is 12.8. The number of amides is 2. The van der Waals surface area contributed by atoms with Crippen molar-refractivity contribution in [2.75, 3.05) is 0 Å². The summed E-state index contributed by atoms with van der Waals surface area (Å²) >= 11 is 0. The molecule has 2 amide bonds. The van der Waals surface area contributed by atoms with E-state index in [2.05, 4.69) is 10.8 Å².